The number of hydrogen-bond donors (Lipinski definition) is 2. The summed E-state index contributed by atoms with van der Waals surface area (Å²) in [6.45, 7) is 0. The molecule has 0 spiro atoms. The van der Waals surface area contributed by atoms with Gasteiger partial charge in [0.25, 0.3) is 0 Å². The topological polar surface area (TPSA) is 110 Å². The molecule has 1 aliphatic carbocycles. The molecule has 4 amide bonds. The number of hydrogen-bond acceptors (Lipinski definition) is 5. The Morgan fingerprint density at radius 1 is 1.21 bits per heavy atom. The van der Waals surface area contributed by atoms with Gasteiger partial charge in [0.2, 0.25) is 23.6 Å². The third-order valence-electron chi connectivity index (χ3n) is 5.50. The zero-order valence-electron chi connectivity index (χ0n) is 15.8. The van der Waals surface area contributed by atoms with Gasteiger partial charge in [0.15, 0.2) is 0 Å². The van der Waals surface area contributed by atoms with Crippen LogP contribution in [0.2, 0.25) is 0 Å². The lowest BCUT2D eigenvalue weighted by molar-refractivity contribution is -0.146. The molecular formula is C20H25N3O4S. The third kappa shape index (κ3) is 4.06. The van der Waals surface area contributed by atoms with E-state index in [1.165, 1.54) is 11.0 Å². The molecule has 8 heteroatoms. The first-order chi connectivity index (χ1) is 13.4. The first kappa shape index (κ1) is 20.4. The summed E-state index contributed by atoms with van der Waals surface area (Å²) in [7, 11) is 0. The van der Waals surface area contributed by atoms with E-state index in [1.54, 1.807) is 30.0 Å². The molecule has 0 aromatic heterocycles. The summed E-state index contributed by atoms with van der Waals surface area (Å²) < 4.78 is 0. The highest BCUT2D eigenvalue weighted by atomic mass is 32.2. The van der Waals surface area contributed by atoms with Crippen LogP contribution < -0.4 is 11.1 Å². The fourth-order valence-electron chi connectivity index (χ4n) is 4.08. The first-order valence-corrected chi connectivity index (χ1v) is 10.9. The number of benzene rings is 1. The van der Waals surface area contributed by atoms with E-state index in [9.17, 15) is 19.2 Å². The second-order valence-corrected chi connectivity index (χ2v) is 8.26. The van der Waals surface area contributed by atoms with Crippen LogP contribution >= 0.6 is 11.8 Å². The van der Waals surface area contributed by atoms with Gasteiger partial charge >= 0.3 is 0 Å². The number of thioether (sulfide) groups is 1. The smallest absolute Gasteiger partial charge is 0.248 e. The van der Waals surface area contributed by atoms with Gasteiger partial charge in [0.1, 0.15) is 6.04 Å². The number of anilines is 1. The van der Waals surface area contributed by atoms with Crippen molar-refractivity contribution in [3.8, 4) is 0 Å². The van der Waals surface area contributed by atoms with Gasteiger partial charge in [0.05, 0.1) is 11.8 Å². The van der Waals surface area contributed by atoms with Crippen molar-refractivity contribution in [2.24, 2.45) is 17.6 Å². The van der Waals surface area contributed by atoms with Gasteiger partial charge in [-0.15, -0.1) is 0 Å². The Kier molecular flexibility index (Phi) is 6.39. The second kappa shape index (κ2) is 8.77. The minimum Gasteiger partial charge on any atom is -0.366 e. The predicted octanol–water partition coefficient (Wildman–Crippen LogP) is 2.02. The molecule has 0 unspecified atom stereocenters. The van der Waals surface area contributed by atoms with Crippen molar-refractivity contribution < 1.29 is 19.2 Å². The minimum absolute atomic E-state index is 0.221. The molecule has 1 saturated heterocycles. The fourth-order valence-corrected chi connectivity index (χ4v) is 4.54. The van der Waals surface area contributed by atoms with E-state index in [0.717, 1.165) is 12.8 Å². The zero-order chi connectivity index (χ0) is 20.3. The quantitative estimate of drug-likeness (QED) is 0.677. The molecular weight excluding hydrogens is 378 g/mol. The molecule has 0 radical (unpaired) electrons. The van der Waals surface area contributed by atoms with Crippen LogP contribution in [-0.2, 0) is 14.4 Å². The van der Waals surface area contributed by atoms with E-state index in [-0.39, 0.29) is 29.2 Å². The molecule has 28 heavy (non-hydrogen) atoms. The lowest BCUT2D eigenvalue weighted by Gasteiger charge is -2.26. The summed E-state index contributed by atoms with van der Waals surface area (Å²) >= 11 is 1.56. The van der Waals surface area contributed by atoms with E-state index in [4.69, 9.17) is 5.73 Å². The summed E-state index contributed by atoms with van der Waals surface area (Å²) in [6.07, 6.45) is 5.61. The van der Waals surface area contributed by atoms with E-state index in [0.29, 0.717) is 30.7 Å². The van der Waals surface area contributed by atoms with Crippen LogP contribution in [0.5, 0.6) is 0 Å². The number of amides is 4. The summed E-state index contributed by atoms with van der Waals surface area (Å²) in [6, 6.07) is 5.45. The van der Waals surface area contributed by atoms with Crippen molar-refractivity contribution in [1.82, 2.24) is 4.90 Å². The number of nitrogens with two attached hydrogens (primary N) is 1. The highest BCUT2D eigenvalue weighted by Gasteiger charge is 2.51. The van der Waals surface area contributed by atoms with Crippen LogP contribution in [0, 0.1) is 11.8 Å². The number of fused-ring (bicyclic) bond motifs is 1. The van der Waals surface area contributed by atoms with Gasteiger partial charge in [-0.3, -0.25) is 24.1 Å². The first-order valence-electron chi connectivity index (χ1n) is 9.50. The van der Waals surface area contributed by atoms with E-state index in [2.05, 4.69) is 5.32 Å². The Morgan fingerprint density at radius 3 is 2.43 bits per heavy atom. The molecule has 3 atom stereocenters. The average Bonchev–Trinajstić information content (AvgIpc) is 2.94. The lowest BCUT2D eigenvalue weighted by atomic mass is 9.81. The van der Waals surface area contributed by atoms with Gasteiger partial charge in [-0.25, -0.2) is 0 Å². The van der Waals surface area contributed by atoms with Crippen LogP contribution in [0.15, 0.2) is 24.3 Å². The Balaban J connectivity index is 1.82. The number of imide groups is 1. The van der Waals surface area contributed by atoms with Gasteiger partial charge in [-0.05, 0) is 49.5 Å². The largest absolute Gasteiger partial charge is 0.366 e. The molecule has 2 fully saturated rings. The standard InChI is InChI=1S/C20H25N3O4S/c1-28-10-9-16(18(25)22-13-6-4-5-12(11-13)17(21)24)23-19(26)14-7-2-3-8-15(14)20(23)27/h4-6,11,14-16H,2-3,7-10H2,1H3,(H2,21,24)(H,22,25)/t14-,15+,16-/m0/s1. The summed E-state index contributed by atoms with van der Waals surface area (Å²) in [5, 5.41) is 2.74. The van der Waals surface area contributed by atoms with E-state index in [1.807, 2.05) is 6.26 Å². The molecule has 3 rings (SSSR count). The third-order valence-corrected chi connectivity index (χ3v) is 6.14. The number of likely N-dealkylation sites (tertiary alicyclic amines) is 1. The molecule has 2 aliphatic rings. The Labute approximate surface area is 168 Å². The van der Waals surface area contributed by atoms with E-state index >= 15 is 0 Å². The Bertz CT molecular complexity index is 773. The van der Waals surface area contributed by atoms with Crippen LogP contribution in [0.3, 0.4) is 0 Å². The second-order valence-electron chi connectivity index (χ2n) is 7.28. The maximum atomic E-state index is 13.0. The molecule has 1 aromatic rings. The zero-order valence-corrected chi connectivity index (χ0v) is 16.7. The number of nitrogens with one attached hydrogen (secondary N) is 1. The number of rotatable bonds is 7. The van der Waals surface area contributed by atoms with E-state index < -0.39 is 17.9 Å². The molecule has 7 nitrogen and oxygen atoms in total. The van der Waals surface area contributed by atoms with Gasteiger partial charge in [-0.1, -0.05) is 18.9 Å². The number of carbonyl (C=O) groups excluding carboxylic acids is 4. The van der Waals surface area contributed by atoms with Crippen LogP contribution in [0.1, 0.15) is 42.5 Å². The Hall–Kier alpha value is -2.35. The van der Waals surface area contributed by atoms with Crippen LogP contribution in [0.4, 0.5) is 5.69 Å². The van der Waals surface area contributed by atoms with Gasteiger partial charge in [0, 0.05) is 11.3 Å². The molecule has 1 aromatic carbocycles. The normalized spacial score (nSPS) is 22.7. The summed E-state index contributed by atoms with van der Waals surface area (Å²) in [5.41, 5.74) is 5.98. The lowest BCUT2D eigenvalue weighted by Crippen LogP contribution is -2.48. The number of primary amides is 1. The number of nitrogens with zero attached hydrogens (tertiary/aromatic N) is 1. The van der Waals surface area contributed by atoms with Gasteiger partial charge < -0.3 is 11.1 Å². The minimum atomic E-state index is -0.852. The maximum absolute atomic E-state index is 13.0. The van der Waals surface area contributed by atoms with Crippen molar-refractivity contribution in [3.63, 3.8) is 0 Å². The monoisotopic (exact) mass is 403 g/mol. The molecule has 1 aliphatic heterocycles. The molecule has 150 valence electrons. The van der Waals surface area contributed by atoms with Crippen molar-refractivity contribution in [1.29, 1.82) is 0 Å². The van der Waals surface area contributed by atoms with Crippen molar-refractivity contribution in [2.75, 3.05) is 17.3 Å². The fraction of sp³-hybridized carbons (Fsp3) is 0.500. The molecule has 3 N–H and O–H groups in total. The van der Waals surface area contributed by atoms with Crippen LogP contribution in [0.25, 0.3) is 0 Å². The van der Waals surface area contributed by atoms with Crippen LogP contribution in [-0.4, -0.2) is 46.6 Å². The average molecular weight is 404 g/mol. The SMILES string of the molecule is CSCC[C@@H](C(=O)Nc1cccc(C(N)=O)c1)N1C(=O)[C@H]2CCCC[C@H]2C1=O. The van der Waals surface area contributed by atoms with Crippen molar-refractivity contribution >= 4 is 41.1 Å². The van der Waals surface area contributed by atoms with Crippen molar-refractivity contribution in [2.45, 2.75) is 38.1 Å². The summed E-state index contributed by atoms with van der Waals surface area (Å²) in [4.78, 5) is 51.4. The predicted molar refractivity (Wildman–Crippen MR) is 108 cm³/mol. The highest BCUT2D eigenvalue weighted by molar-refractivity contribution is 7.98. The summed E-state index contributed by atoms with van der Waals surface area (Å²) in [5.74, 6) is -1.39. The molecule has 1 heterocycles. The highest BCUT2D eigenvalue weighted by Crippen LogP contribution is 2.39. The van der Waals surface area contributed by atoms with Gasteiger partial charge in [-0.2, -0.15) is 11.8 Å². The van der Waals surface area contributed by atoms with Crippen molar-refractivity contribution in [3.05, 3.63) is 29.8 Å². The Morgan fingerprint density at radius 2 is 1.86 bits per heavy atom. The maximum Gasteiger partial charge on any atom is 0.248 e. The molecule has 1 saturated carbocycles. The molecule has 0 bridgehead atoms. The number of carbonyl (C=O) groups is 4.